The Balaban J connectivity index is 2.47. The van der Waals surface area contributed by atoms with Gasteiger partial charge in [0.15, 0.2) is 0 Å². The molecule has 0 saturated carbocycles. The zero-order valence-electron chi connectivity index (χ0n) is 9.03. The fourth-order valence-corrected chi connectivity index (χ4v) is 4.33. The highest BCUT2D eigenvalue weighted by Gasteiger charge is 2.05. The number of anilines is 1. The van der Waals surface area contributed by atoms with Crippen molar-refractivity contribution in [3.05, 3.63) is 25.6 Å². The highest BCUT2D eigenvalue weighted by molar-refractivity contribution is 9.11. The lowest BCUT2D eigenvalue weighted by molar-refractivity contribution is 0.842. The minimum absolute atomic E-state index is 1.01. The number of rotatable bonds is 6. The molecular formula is C11H14Br3NS. The van der Waals surface area contributed by atoms with Crippen LogP contribution in [0, 0.1) is 0 Å². The Hall–Kier alpha value is 0.810. The van der Waals surface area contributed by atoms with Crippen LogP contribution in [0.2, 0.25) is 0 Å². The average Bonchev–Trinajstić information content (AvgIpc) is 2.20. The molecule has 1 aromatic rings. The van der Waals surface area contributed by atoms with Crippen LogP contribution in [-0.4, -0.2) is 18.6 Å². The molecular weight excluding hydrogens is 418 g/mol. The number of hydrogen-bond acceptors (Lipinski definition) is 2. The first-order valence-electron chi connectivity index (χ1n) is 5.02. The molecule has 90 valence electrons. The number of thioether (sulfide) groups is 1. The van der Waals surface area contributed by atoms with E-state index >= 15 is 0 Å². The van der Waals surface area contributed by atoms with E-state index in [1.807, 2.05) is 11.8 Å². The Morgan fingerprint density at radius 1 is 1.12 bits per heavy atom. The number of halogens is 3. The third-order valence-electron chi connectivity index (χ3n) is 2.08. The maximum Gasteiger partial charge on any atom is 0.0629 e. The molecule has 0 unspecified atom stereocenters. The van der Waals surface area contributed by atoms with E-state index in [9.17, 15) is 0 Å². The average molecular weight is 432 g/mol. The van der Waals surface area contributed by atoms with Crippen LogP contribution in [0.25, 0.3) is 0 Å². The van der Waals surface area contributed by atoms with Gasteiger partial charge in [0.05, 0.1) is 5.69 Å². The smallest absolute Gasteiger partial charge is 0.0629 e. The summed E-state index contributed by atoms with van der Waals surface area (Å²) in [7, 11) is 0. The molecule has 0 aliphatic carbocycles. The van der Waals surface area contributed by atoms with E-state index in [1.54, 1.807) is 0 Å². The lowest BCUT2D eigenvalue weighted by Gasteiger charge is -2.11. The van der Waals surface area contributed by atoms with Crippen molar-refractivity contribution in [1.82, 2.24) is 0 Å². The zero-order chi connectivity index (χ0) is 12.0. The van der Waals surface area contributed by atoms with Gasteiger partial charge in [-0.1, -0.05) is 15.9 Å². The summed E-state index contributed by atoms with van der Waals surface area (Å²) in [4.78, 5) is 0. The molecule has 0 bridgehead atoms. The van der Waals surface area contributed by atoms with Gasteiger partial charge in [-0.25, -0.2) is 0 Å². The topological polar surface area (TPSA) is 12.0 Å². The van der Waals surface area contributed by atoms with Crippen LogP contribution in [0.4, 0.5) is 5.69 Å². The highest BCUT2D eigenvalue weighted by Crippen LogP contribution is 2.34. The lowest BCUT2D eigenvalue weighted by atomic mass is 10.3. The second-order valence-electron chi connectivity index (χ2n) is 3.37. The SMILES string of the molecule is CSCCCCNc1c(Br)cc(Br)cc1Br. The zero-order valence-corrected chi connectivity index (χ0v) is 14.6. The summed E-state index contributed by atoms with van der Waals surface area (Å²) in [6, 6.07) is 4.10. The Morgan fingerprint density at radius 3 is 2.31 bits per heavy atom. The molecule has 0 amide bonds. The molecule has 1 N–H and O–H groups in total. The van der Waals surface area contributed by atoms with Crippen LogP contribution < -0.4 is 5.32 Å². The second-order valence-corrected chi connectivity index (χ2v) is 6.98. The minimum atomic E-state index is 1.01. The number of hydrogen-bond donors (Lipinski definition) is 1. The van der Waals surface area contributed by atoms with Gasteiger partial charge in [0.25, 0.3) is 0 Å². The quantitative estimate of drug-likeness (QED) is 0.594. The summed E-state index contributed by atoms with van der Waals surface area (Å²) < 4.78 is 3.23. The lowest BCUT2D eigenvalue weighted by Crippen LogP contribution is -2.03. The van der Waals surface area contributed by atoms with E-state index in [-0.39, 0.29) is 0 Å². The van der Waals surface area contributed by atoms with E-state index in [4.69, 9.17) is 0 Å². The fraction of sp³-hybridized carbons (Fsp3) is 0.455. The normalized spacial score (nSPS) is 10.5. The molecule has 1 nitrogen and oxygen atoms in total. The Bertz CT molecular complexity index is 321. The molecule has 5 heteroatoms. The highest BCUT2D eigenvalue weighted by atomic mass is 79.9. The number of unbranched alkanes of at least 4 members (excludes halogenated alkanes) is 1. The Morgan fingerprint density at radius 2 is 1.75 bits per heavy atom. The van der Waals surface area contributed by atoms with Gasteiger partial charge in [-0.15, -0.1) is 0 Å². The fourth-order valence-electron chi connectivity index (χ4n) is 1.30. The van der Waals surface area contributed by atoms with Crippen molar-refractivity contribution in [3.8, 4) is 0 Å². The van der Waals surface area contributed by atoms with Crippen LogP contribution in [0.3, 0.4) is 0 Å². The largest absolute Gasteiger partial charge is 0.383 e. The minimum Gasteiger partial charge on any atom is -0.383 e. The van der Waals surface area contributed by atoms with Gasteiger partial charge < -0.3 is 5.32 Å². The monoisotopic (exact) mass is 429 g/mol. The number of nitrogens with one attached hydrogen (secondary N) is 1. The number of benzene rings is 1. The Labute approximate surface area is 127 Å². The molecule has 0 aromatic heterocycles. The van der Waals surface area contributed by atoms with Crippen LogP contribution in [-0.2, 0) is 0 Å². The molecule has 0 spiro atoms. The molecule has 0 radical (unpaired) electrons. The van der Waals surface area contributed by atoms with E-state index in [2.05, 4.69) is 71.5 Å². The summed E-state index contributed by atoms with van der Waals surface area (Å²) >= 11 is 12.5. The summed E-state index contributed by atoms with van der Waals surface area (Å²) in [5, 5.41) is 3.44. The van der Waals surface area contributed by atoms with Gasteiger partial charge in [-0.3, -0.25) is 0 Å². The van der Waals surface area contributed by atoms with Crippen molar-refractivity contribution in [2.45, 2.75) is 12.8 Å². The van der Waals surface area contributed by atoms with Crippen LogP contribution in [0.5, 0.6) is 0 Å². The molecule has 0 heterocycles. The van der Waals surface area contributed by atoms with Gasteiger partial charge in [0.1, 0.15) is 0 Å². The molecule has 0 atom stereocenters. The molecule has 0 fully saturated rings. The first-order chi connectivity index (χ1) is 7.65. The van der Waals surface area contributed by atoms with Gasteiger partial charge in [-0.05, 0) is 68.8 Å². The van der Waals surface area contributed by atoms with E-state index in [0.29, 0.717) is 0 Å². The first kappa shape index (κ1) is 14.9. The summed E-state index contributed by atoms with van der Waals surface area (Å²) in [5.41, 5.74) is 1.13. The maximum atomic E-state index is 3.55. The first-order valence-corrected chi connectivity index (χ1v) is 8.79. The molecule has 16 heavy (non-hydrogen) atoms. The molecule has 0 saturated heterocycles. The molecule has 1 rings (SSSR count). The summed E-state index contributed by atoms with van der Waals surface area (Å²) in [5.74, 6) is 1.24. The van der Waals surface area contributed by atoms with E-state index < -0.39 is 0 Å². The van der Waals surface area contributed by atoms with E-state index in [0.717, 1.165) is 25.7 Å². The van der Waals surface area contributed by atoms with Gasteiger partial charge in [-0.2, -0.15) is 11.8 Å². The molecule has 1 aromatic carbocycles. The third kappa shape index (κ3) is 4.98. The van der Waals surface area contributed by atoms with Gasteiger partial charge >= 0.3 is 0 Å². The summed E-state index contributed by atoms with van der Waals surface area (Å²) in [6.45, 7) is 1.01. The standard InChI is InChI=1S/C11H14Br3NS/c1-16-5-3-2-4-15-11-9(13)6-8(12)7-10(11)14/h6-7,15H,2-5H2,1H3. The van der Waals surface area contributed by atoms with Gasteiger partial charge in [0, 0.05) is 20.0 Å². The molecule has 0 aliphatic rings. The third-order valence-corrected chi connectivity index (χ3v) is 4.49. The van der Waals surface area contributed by atoms with Crippen LogP contribution in [0.1, 0.15) is 12.8 Å². The van der Waals surface area contributed by atoms with Crippen molar-refractivity contribution < 1.29 is 0 Å². The van der Waals surface area contributed by atoms with Crippen molar-refractivity contribution in [3.63, 3.8) is 0 Å². The van der Waals surface area contributed by atoms with Crippen molar-refractivity contribution in [2.24, 2.45) is 0 Å². The van der Waals surface area contributed by atoms with Crippen LogP contribution >= 0.6 is 59.6 Å². The maximum absolute atomic E-state index is 3.55. The summed E-state index contributed by atoms with van der Waals surface area (Å²) in [6.07, 6.45) is 4.62. The van der Waals surface area contributed by atoms with Gasteiger partial charge in [0.2, 0.25) is 0 Å². The predicted octanol–water partition coefficient (Wildman–Crippen LogP) is 5.53. The second kappa shape index (κ2) is 8.01. The van der Waals surface area contributed by atoms with Crippen LogP contribution in [0.15, 0.2) is 25.6 Å². The predicted molar refractivity (Wildman–Crippen MR) is 85.6 cm³/mol. The van der Waals surface area contributed by atoms with E-state index in [1.165, 1.54) is 18.6 Å². The van der Waals surface area contributed by atoms with Crippen molar-refractivity contribution in [2.75, 3.05) is 23.9 Å². The Kier molecular flexibility index (Phi) is 7.44. The van der Waals surface area contributed by atoms with Crippen molar-refractivity contribution in [1.29, 1.82) is 0 Å². The van der Waals surface area contributed by atoms with Crippen molar-refractivity contribution >= 4 is 65.2 Å². The molecule has 0 aliphatic heterocycles.